The number of carbonyl (C=O) groups is 1. The standard InChI is InChI=1S/C16H24N2O3S/c1-3-13-8-10-14(11-9-13)17-16(19)12-18(22(2,20)21)15-6-4-5-7-15/h8-11,15H,3-7,12H2,1-2H3,(H,17,19). The molecule has 0 bridgehead atoms. The van der Waals surface area contributed by atoms with E-state index in [9.17, 15) is 13.2 Å². The zero-order valence-corrected chi connectivity index (χ0v) is 14.0. The molecule has 1 aromatic carbocycles. The predicted molar refractivity (Wildman–Crippen MR) is 88.3 cm³/mol. The van der Waals surface area contributed by atoms with Crippen LogP contribution in [0.15, 0.2) is 24.3 Å². The highest BCUT2D eigenvalue weighted by molar-refractivity contribution is 7.88. The van der Waals surface area contributed by atoms with Crippen molar-refractivity contribution in [3.63, 3.8) is 0 Å². The van der Waals surface area contributed by atoms with E-state index >= 15 is 0 Å². The molecule has 1 aromatic rings. The third-order valence-electron chi connectivity index (χ3n) is 4.10. The van der Waals surface area contributed by atoms with Gasteiger partial charge in [0.25, 0.3) is 0 Å². The number of aryl methyl sites for hydroxylation is 1. The molecule has 0 spiro atoms. The van der Waals surface area contributed by atoms with Crippen molar-refractivity contribution in [2.24, 2.45) is 0 Å². The van der Waals surface area contributed by atoms with Gasteiger partial charge in [-0.15, -0.1) is 0 Å². The van der Waals surface area contributed by atoms with E-state index in [1.54, 1.807) is 0 Å². The van der Waals surface area contributed by atoms with E-state index in [1.807, 2.05) is 24.3 Å². The number of hydrogen-bond donors (Lipinski definition) is 1. The second-order valence-electron chi connectivity index (χ2n) is 5.85. The van der Waals surface area contributed by atoms with Crippen LogP contribution < -0.4 is 5.32 Å². The van der Waals surface area contributed by atoms with Gasteiger partial charge in [0.2, 0.25) is 15.9 Å². The molecule has 0 radical (unpaired) electrons. The molecule has 0 aliphatic heterocycles. The van der Waals surface area contributed by atoms with Gasteiger partial charge in [0.1, 0.15) is 0 Å². The summed E-state index contributed by atoms with van der Waals surface area (Å²) < 4.78 is 25.2. The third-order valence-corrected chi connectivity index (χ3v) is 5.38. The maximum Gasteiger partial charge on any atom is 0.239 e. The van der Waals surface area contributed by atoms with Crippen molar-refractivity contribution in [3.05, 3.63) is 29.8 Å². The Morgan fingerprint density at radius 1 is 1.23 bits per heavy atom. The molecule has 0 atom stereocenters. The van der Waals surface area contributed by atoms with Gasteiger partial charge in [-0.2, -0.15) is 4.31 Å². The molecule has 0 aromatic heterocycles. The lowest BCUT2D eigenvalue weighted by atomic mass is 10.1. The molecule has 6 heteroatoms. The van der Waals surface area contributed by atoms with E-state index in [4.69, 9.17) is 0 Å². The average Bonchev–Trinajstić information content (AvgIpc) is 2.98. The first-order valence-electron chi connectivity index (χ1n) is 7.75. The number of carbonyl (C=O) groups excluding carboxylic acids is 1. The molecule has 0 unspecified atom stereocenters. The quantitative estimate of drug-likeness (QED) is 0.874. The maximum atomic E-state index is 12.2. The zero-order chi connectivity index (χ0) is 16.2. The Morgan fingerprint density at radius 3 is 2.32 bits per heavy atom. The van der Waals surface area contributed by atoms with Crippen molar-refractivity contribution in [1.82, 2.24) is 4.31 Å². The first kappa shape index (κ1) is 17.0. The summed E-state index contributed by atoms with van der Waals surface area (Å²) in [7, 11) is -3.37. The number of nitrogens with zero attached hydrogens (tertiary/aromatic N) is 1. The highest BCUT2D eigenvalue weighted by atomic mass is 32.2. The lowest BCUT2D eigenvalue weighted by Gasteiger charge is -2.25. The van der Waals surface area contributed by atoms with Crippen LogP contribution in [-0.4, -0.2) is 37.5 Å². The summed E-state index contributed by atoms with van der Waals surface area (Å²) in [5.41, 5.74) is 1.89. The van der Waals surface area contributed by atoms with Crippen LogP contribution in [0.25, 0.3) is 0 Å². The fourth-order valence-electron chi connectivity index (χ4n) is 2.88. The van der Waals surface area contributed by atoms with Gasteiger partial charge < -0.3 is 5.32 Å². The summed E-state index contributed by atoms with van der Waals surface area (Å²) in [6.45, 7) is 1.96. The summed E-state index contributed by atoms with van der Waals surface area (Å²) in [5.74, 6) is -0.290. The van der Waals surface area contributed by atoms with E-state index < -0.39 is 10.0 Å². The van der Waals surface area contributed by atoms with Gasteiger partial charge in [-0.1, -0.05) is 31.9 Å². The second kappa shape index (κ2) is 7.24. The Bertz CT molecular complexity index is 605. The van der Waals surface area contributed by atoms with Crippen molar-refractivity contribution in [2.45, 2.75) is 45.1 Å². The van der Waals surface area contributed by atoms with Gasteiger partial charge in [-0.3, -0.25) is 4.79 Å². The van der Waals surface area contributed by atoms with E-state index in [0.29, 0.717) is 5.69 Å². The highest BCUT2D eigenvalue weighted by Gasteiger charge is 2.30. The number of benzene rings is 1. The van der Waals surface area contributed by atoms with Gasteiger partial charge in [0.15, 0.2) is 0 Å². The van der Waals surface area contributed by atoms with Crippen molar-refractivity contribution in [1.29, 1.82) is 0 Å². The molecule has 1 aliphatic carbocycles. The number of anilines is 1. The van der Waals surface area contributed by atoms with Gasteiger partial charge in [0, 0.05) is 11.7 Å². The van der Waals surface area contributed by atoms with Gasteiger partial charge in [-0.05, 0) is 37.0 Å². The first-order chi connectivity index (χ1) is 10.4. The molecular weight excluding hydrogens is 300 g/mol. The molecule has 1 fully saturated rings. The summed E-state index contributed by atoms with van der Waals surface area (Å²) >= 11 is 0. The molecule has 0 heterocycles. The monoisotopic (exact) mass is 324 g/mol. The first-order valence-corrected chi connectivity index (χ1v) is 9.60. The highest BCUT2D eigenvalue weighted by Crippen LogP contribution is 2.25. The molecule has 1 saturated carbocycles. The molecule has 0 saturated heterocycles. The zero-order valence-electron chi connectivity index (χ0n) is 13.2. The number of nitrogens with one attached hydrogen (secondary N) is 1. The van der Waals surface area contributed by atoms with Crippen LogP contribution >= 0.6 is 0 Å². The van der Waals surface area contributed by atoms with Crippen LogP contribution in [0, 0.1) is 0 Å². The molecular formula is C16H24N2O3S. The van der Waals surface area contributed by atoms with Crippen molar-refractivity contribution >= 4 is 21.6 Å². The van der Waals surface area contributed by atoms with Gasteiger partial charge >= 0.3 is 0 Å². The average molecular weight is 324 g/mol. The lowest BCUT2D eigenvalue weighted by molar-refractivity contribution is -0.116. The van der Waals surface area contributed by atoms with E-state index in [1.165, 1.54) is 16.1 Å². The van der Waals surface area contributed by atoms with E-state index in [2.05, 4.69) is 12.2 Å². The summed E-state index contributed by atoms with van der Waals surface area (Å²) in [4.78, 5) is 12.2. The minimum atomic E-state index is -3.37. The molecule has 5 nitrogen and oxygen atoms in total. The van der Waals surface area contributed by atoms with Crippen LogP contribution in [0.4, 0.5) is 5.69 Å². The maximum absolute atomic E-state index is 12.2. The number of hydrogen-bond acceptors (Lipinski definition) is 3. The van der Waals surface area contributed by atoms with Crippen molar-refractivity contribution < 1.29 is 13.2 Å². The summed E-state index contributed by atoms with van der Waals surface area (Å²) in [6.07, 6.45) is 5.84. The lowest BCUT2D eigenvalue weighted by Crippen LogP contribution is -2.43. The minimum absolute atomic E-state index is 0.0387. The number of rotatable bonds is 6. The Morgan fingerprint density at radius 2 is 1.82 bits per heavy atom. The molecule has 1 N–H and O–H groups in total. The van der Waals surface area contributed by atoms with Crippen molar-refractivity contribution in [2.75, 3.05) is 18.1 Å². The number of sulfonamides is 1. The van der Waals surface area contributed by atoms with E-state index in [0.717, 1.165) is 32.1 Å². The van der Waals surface area contributed by atoms with Crippen LogP contribution in [0.3, 0.4) is 0 Å². The van der Waals surface area contributed by atoms with E-state index in [-0.39, 0.29) is 18.5 Å². The molecule has 2 rings (SSSR count). The Labute approximate surface area is 132 Å². The van der Waals surface area contributed by atoms with Gasteiger partial charge in [0.05, 0.1) is 12.8 Å². The summed E-state index contributed by atoms with van der Waals surface area (Å²) in [6, 6.07) is 7.57. The van der Waals surface area contributed by atoms with Crippen LogP contribution in [0.5, 0.6) is 0 Å². The largest absolute Gasteiger partial charge is 0.325 e. The molecule has 1 aliphatic rings. The molecule has 1 amide bonds. The number of amides is 1. The summed E-state index contributed by atoms with van der Waals surface area (Å²) in [5, 5.41) is 2.77. The van der Waals surface area contributed by atoms with Crippen molar-refractivity contribution in [3.8, 4) is 0 Å². The predicted octanol–water partition coefficient (Wildman–Crippen LogP) is 2.39. The van der Waals surface area contributed by atoms with Crippen LogP contribution in [0.2, 0.25) is 0 Å². The molecule has 122 valence electrons. The van der Waals surface area contributed by atoms with Crippen LogP contribution in [-0.2, 0) is 21.2 Å². The smallest absolute Gasteiger partial charge is 0.239 e. The fourth-order valence-corrected chi connectivity index (χ4v) is 3.98. The van der Waals surface area contributed by atoms with Gasteiger partial charge in [-0.25, -0.2) is 8.42 Å². The Balaban J connectivity index is 2.01. The Hall–Kier alpha value is -1.40. The normalized spacial score (nSPS) is 16.1. The molecule has 22 heavy (non-hydrogen) atoms. The topological polar surface area (TPSA) is 66.5 Å². The third kappa shape index (κ3) is 4.55. The Kier molecular flexibility index (Phi) is 5.58. The van der Waals surface area contributed by atoms with Crippen LogP contribution in [0.1, 0.15) is 38.2 Å². The SMILES string of the molecule is CCc1ccc(NC(=O)CN(C2CCCC2)S(C)(=O)=O)cc1. The minimum Gasteiger partial charge on any atom is -0.325 e. The second-order valence-corrected chi connectivity index (χ2v) is 7.78. The fraction of sp³-hybridized carbons (Fsp3) is 0.562.